The number of nitrogens with two attached hydrogens (primary N) is 1. The summed E-state index contributed by atoms with van der Waals surface area (Å²) < 4.78 is 0. The van der Waals surface area contributed by atoms with Gasteiger partial charge in [-0.3, -0.25) is 14.9 Å². The third-order valence-corrected chi connectivity index (χ3v) is 2.09. The zero-order valence-corrected chi connectivity index (χ0v) is 10.3. The van der Waals surface area contributed by atoms with Crippen molar-refractivity contribution in [3.05, 3.63) is 33.9 Å². The number of anilines is 1. The number of aryl methyl sites for hydroxylation is 1. The predicted octanol–water partition coefficient (Wildman–Crippen LogP) is 1.61. The summed E-state index contributed by atoms with van der Waals surface area (Å²) in [4.78, 5) is 21.4. The predicted molar refractivity (Wildman–Crippen MR) is 67.4 cm³/mol. The number of hydrogen-bond donors (Lipinski definition) is 2. The Morgan fingerprint density at radius 1 is 1.53 bits per heavy atom. The molecule has 1 amide bonds. The number of carbonyl (C=O) groups excluding carboxylic acids is 1. The molecule has 0 saturated carbocycles. The number of carbonyl (C=O) groups is 1. The summed E-state index contributed by atoms with van der Waals surface area (Å²) in [6, 6.07) is 3.84. The Bertz CT molecular complexity index is 435. The molecular formula is C10H14ClN3O3. The van der Waals surface area contributed by atoms with Crippen LogP contribution in [0.1, 0.15) is 12.5 Å². The van der Waals surface area contributed by atoms with Crippen LogP contribution >= 0.6 is 12.4 Å². The lowest BCUT2D eigenvalue weighted by Crippen LogP contribution is -2.32. The fourth-order valence-electron chi connectivity index (χ4n) is 1.14. The third kappa shape index (κ3) is 4.01. The Labute approximate surface area is 105 Å². The maximum Gasteiger partial charge on any atom is 0.274 e. The second-order valence-electron chi connectivity index (χ2n) is 3.54. The minimum atomic E-state index is -0.652. The van der Waals surface area contributed by atoms with Crippen LogP contribution in [0.3, 0.4) is 0 Å². The number of nitro benzene ring substituents is 1. The Kier molecular flexibility index (Phi) is 5.57. The lowest BCUT2D eigenvalue weighted by molar-refractivity contribution is -0.385. The van der Waals surface area contributed by atoms with Crippen molar-refractivity contribution in [3.63, 3.8) is 0 Å². The second-order valence-corrected chi connectivity index (χ2v) is 3.54. The highest BCUT2D eigenvalue weighted by Gasteiger charge is 2.13. The van der Waals surface area contributed by atoms with Crippen molar-refractivity contribution in [2.24, 2.45) is 5.73 Å². The average Bonchev–Trinajstić information content (AvgIpc) is 2.20. The molecule has 0 heterocycles. The molecule has 0 aliphatic heterocycles. The van der Waals surface area contributed by atoms with Crippen molar-refractivity contribution >= 4 is 29.7 Å². The molecule has 0 aromatic heterocycles. The van der Waals surface area contributed by atoms with E-state index in [0.29, 0.717) is 11.3 Å². The lowest BCUT2D eigenvalue weighted by Gasteiger charge is -2.07. The number of benzene rings is 1. The molecule has 1 aromatic rings. The highest BCUT2D eigenvalue weighted by Crippen LogP contribution is 2.22. The molecule has 0 radical (unpaired) electrons. The Balaban J connectivity index is 0.00000256. The molecule has 17 heavy (non-hydrogen) atoms. The van der Waals surface area contributed by atoms with E-state index in [4.69, 9.17) is 5.73 Å². The van der Waals surface area contributed by atoms with Crippen LogP contribution in [0.25, 0.3) is 0 Å². The van der Waals surface area contributed by atoms with Crippen molar-refractivity contribution in [2.75, 3.05) is 5.32 Å². The number of nitrogens with zero attached hydrogens (tertiary/aromatic N) is 1. The topological polar surface area (TPSA) is 98.3 Å². The maximum atomic E-state index is 11.3. The largest absolute Gasteiger partial charge is 0.324 e. The van der Waals surface area contributed by atoms with E-state index >= 15 is 0 Å². The molecule has 94 valence electrons. The number of nitro groups is 1. The van der Waals surface area contributed by atoms with Crippen LogP contribution < -0.4 is 11.1 Å². The number of amides is 1. The first kappa shape index (κ1) is 15.3. The number of nitrogens with one attached hydrogen (secondary N) is 1. The smallest absolute Gasteiger partial charge is 0.274 e. The first-order valence-electron chi connectivity index (χ1n) is 4.73. The van der Waals surface area contributed by atoms with Crippen LogP contribution in [0.2, 0.25) is 0 Å². The number of hydrogen-bond acceptors (Lipinski definition) is 4. The molecule has 1 rings (SSSR count). The van der Waals surface area contributed by atoms with Crippen molar-refractivity contribution in [1.82, 2.24) is 0 Å². The summed E-state index contributed by atoms with van der Waals surface area (Å²) in [6.07, 6.45) is 0. The molecule has 6 nitrogen and oxygen atoms in total. The van der Waals surface area contributed by atoms with Crippen LogP contribution in [-0.4, -0.2) is 16.9 Å². The molecule has 0 fully saturated rings. The van der Waals surface area contributed by atoms with E-state index in [9.17, 15) is 14.9 Å². The summed E-state index contributed by atoms with van der Waals surface area (Å²) in [7, 11) is 0. The second kappa shape index (κ2) is 6.17. The van der Waals surface area contributed by atoms with Gasteiger partial charge in [0.1, 0.15) is 0 Å². The Morgan fingerprint density at radius 3 is 2.59 bits per heavy atom. The van der Waals surface area contributed by atoms with Crippen LogP contribution in [0.15, 0.2) is 18.2 Å². The first-order chi connectivity index (χ1) is 7.41. The SMILES string of the molecule is Cc1ccc(NC(=O)[C@@H](C)N)cc1[N+](=O)[O-].Cl. The van der Waals surface area contributed by atoms with Gasteiger partial charge in [0.05, 0.1) is 11.0 Å². The Hall–Kier alpha value is -1.66. The van der Waals surface area contributed by atoms with E-state index < -0.39 is 11.0 Å². The molecule has 0 bridgehead atoms. The molecule has 0 saturated heterocycles. The molecule has 0 unspecified atom stereocenters. The summed E-state index contributed by atoms with van der Waals surface area (Å²) in [5.74, 6) is -0.377. The van der Waals surface area contributed by atoms with Gasteiger partial charge in [0.15, 0.2) is 0 Å². The number of rotatable bonds is 3. The van der Waals surface area contributed by atoms with Gasteiger partial charge in [-0.2, -0.15) is 0 Å². The van der Waals surface area contributed by atoms with Gasteiger partial charge >= 0.3 is 0 Å². The minimum absolute atomic E-state index is 0. The van der Waals surface area contributed by atoms with Crippen LogP contribution in [0, 0.1) is 17.0 Å². The third-order valence-electron chi connectivity index (χ3n) is 2.09. The fourth-order valence-corrected chi connectivity index (χ4v) is 1.14. The summed E-state index contributed by atoms with van der Waals surface area (Å²) in [6.45, 7) is 3.17. The minimum Gasteiger partial charge on any atom is -0.324 e. The highest BCUT2D eigenvalue weighted by atomic mass is 35.5. The van der Waals surface area contributed by atoms with E-state index in [0.717, 1.165) is 0 Å². The zero-order valence-electron chi connectivity index (χ0n) is 9.47. The van der Waals surface area contributed by atoms with Gasteiger partial charge in [-0.25, -0.2) is 0 Å². The van der Waals surface area contributed by atoms with Crippen LogP contribution in [-0.2, 0) is 4.79 Å². The summed E-state index contributed by atoms with van der Waals surface area (Å²) in [5, 5.41) is 13.2. The number of halogens is 1. The molecular weight excluding hydrogens is 246 g/mol. The van der Waals surface area contributed by atoms with E-state index in [1.54, 1.807) is 19.1 Å². The average molecular weight is 260 g/mol. The molecule has 0 aliphatic rings. The monoisotopic (exact) mass is 259 g/mol. The normalized spacial score (nSPS) is 11.2. The Morgan fingerprint density at radius 2 is 2.12 bits per heavy atom. The van der Waals surface area contributed by atoms with E-state index in [1.807, 2.05) is 0 Å². The molecule has 0 aliphatic carbocycles. The quantitative estimate of drug-likeness (QED) is 0.636. The summed E-state index contributed by atoms with van der Waals surface area (Å²) in [5.41, 5.74) is 6.26. The van der Waals surface area contributed by atoms with Crippen molar-refractivity contribution in [3.8, 4) is 0 Å². The summed E-state index contributed by atoms with van der Waals surface area (Å²) >= 11 is 0. The molecule has 1 atom stereocenters. The molecule has 3 N–H and O–H groups in total. The zero-order chi connectivity index (χ0) is 12.3. The standard InChI is InChI=1S/C10H13N3O3.ClH/c1-6-3-4-8(5-9(6)13(15)16)12-10(14)7(2)11;/h3-5,7H,11H2,1-2H3,(H,12,14);1H/t7-;/m1./s1. The lowest BCUT2D eigenvalue weighted by atomic mass is 10.2. The highest BCUT2D eigenvalue weighted by molar-refractivity contribution is 5.94. The molecule has 1 aromatic carbocycles. The first-order valence-corrected chi connectivity index (χ1v) is 4.73. The molecule has 0 spiro atoms. The van der Waals surface area contributed by atoms with Gasteiger partial charge in [0.25, 0.3) is 5.69 Å². The maximum absolute atomic E-state index is 11.3. The fraction of sp³-hybridized carbons (Fsp3) is 0.300. The van der Waals surface area contributed by atoms with Crippen molar-refractivity contribution in [1.29, 1.82) is 0 Å². The van der Waals surface area contributed by atoms with E-state index in [2.05, 4.69) is 5.32 Å². The van der Waals surface area contributed by atoms with Crippen molar-refractivity contribution in [2.45, 2.75) is 19.9 Å². The van der Waals surface area contributed by atoms with Gasteiger partial charge in [-0.15, -0.1) is 12.4 Å². The van der Waals surface area contributed by atoms with Gasteiger partial charge in [-0.05, 0) is 19.9 Å². The van der Waals surface area contributed by atoms with Gasteiger partial charge in [0, 0.05) is 17.3 Å². The van der Waals surface area contributed by atoms with E-state index in [-0.39, 0.29) is 24.0 Å². The van der Waals surface area contributed by atoms with Crippen LogP contribution in [0.5, 0.6) is 0 Å². The van der Waals surface area contributed by atoms with Gasteiger partial charge in [-0.1, -0.05) is 6.07 Å². The van der Waals surface area contributed by atoms with Crippen molar-refractivity contribution < 1.29 is 9.72 Å². The van der Waals surface area contributed by atoms with E-state index in [1.165, 1.54) is 13.0 Å². The van der Waals surface area contributed by atoms with Crippen LogP contribution in [0.4, 0.5) is 11.4 Å². The van der Waals surface area contributed by atoms with Gasteiger partial charge in [0.2, 0.25) is 5.91 Å². The molecule has 7 heteroatoms. The van der Waals surface area contributed by atoms with Gasteiger partial charge < -0.3 is 11.1 Å².